The van der Waals surface area contributed by atoms with E-state index in [1.807, 2.05) is 0 Å². The molecular weight excluding hydrogens is 577 g/mol. The van der Waals surface area contributed by atoms with E-state index in [4.69, 9.17) is 0 Å². The fraction of sp³-hybridized carbons (Fsp3) is 0.375. The SMILES string of the molecule is CC(C)(C)C1=CC2C=CC3=CC=C(C4=CC5=C(C=C(c6cc7c(c8c6=CCCC=8)C6=C(C=CCC6)CC7)CC5)CC4)C4C=CC(=C1)C2C34. The summed E-state index contributed by atoms with van der Waals surface area (Å²) >= 11 is 0. The molecule has 4 unspecified atom stereocenters. The van der Waals surface area contributed by atoms with Crippen LogP contribution in [0.5, 0.6) is 0 Å². The second-order valence-corrected chi connectivity index (χ2v) is 16.8. The Hall–Kier alpha value is -3.90. The number of rotatable bonds is 2. The van der Waals surface area contributed by atoms with Crippen LogP contribution in [0.2, 0.25) is 0 Å². The Balaban J connectivity index is 0.998. The molecule has 0 saturated heterocycles. The lowest BCUT2D eigenvalue weighted by Crippen LogP contribution is -2.38. The van der Waals surface area contributed by atoms with Crippen LogP contribution in [0, 0.1) is 29.1 Å². The van der Waals surface area contributed by atoms with Gasteiger partial charge in [0.2, 0.25) is 0 Å². The van der Waals surface area contributed by atoms with Crippen molar-refractivity contribution in [2.75, 3.05) is 0 Å². The first kappa shape index (κ1) is 29.1. The molecule has 0 spiro atoms. The first-order valence-corrected chi connectivity index (χ1v) is 19.0. The Labute approximate surface area is 287 Å². The van der Waals surface area contributed by atoms with Gasteiger partial charge in [0.05, 0.1) is 0 Å². The lowest BCUT2D eigenvalue weighted by Gasteiger charge is -2.47. The highest BCUT2D eigenvalue weighted by Gasteiger charge is 2.45. The molecule has 10 rings (SSSR count). The first-order valence-electron chi connectivity index (χ1n) is 19.0. The second kappa shape index (κ2) is 10.8. The third-order valence-electron chi connectivity index (χ3n) is 13.1. The maximum absolute atomic E-state index is 2.62. The van der Waals surface area contributed by atoms with Gasteiger partial charge in [0.1, 0.15) is 0 Å². The second-order valence-electron chi connectivity index (χ2n) is 16.8. The summed E-state index contributed by atoms with van der Waals surface area (Å²) in [6.45, 7) is 7.06. The van der Waals surface area contributed by atoms with E-state index >= 15 is 0 Å². The molecule has 1 aromatic rings. The van der Waals surface area contributed by atoms with Gasteiger partial charge in [0, 0.05) is 23.7 Å². The zero-order chi connectivity index (χ0) is 32.1. The van der Waals surface area contributed by atoms with Crippen LogP contribution in [-0.2, 0) is 6.42 Å². The van der Waals surface area contributed by atoms with Gasteiger partial charge in [0.25, 0.3) is 0 Å². The van der Waals surface area contributed by atoms with Gasteiger partial charge in [-0.1, -0.05) is 112 Å². The molecule has 0 fully saturated rings. The molecule has 0 radical (unpaired) electrons. The molecule has 0 nitrogen and oxygen atoms in total. The Bertz CT molecular complexity index is 2150. The summed E-state index contributed by atoms with van der Waals surface area (Å²) in [7, 11) is 0. The Morgan fingerprint density at radius 3 is 2.27 bits per heavy atom. The van der Waals surface area contributed by atoms with Crippen LogP contribution in [0.3, 0.4) is 0 Å². The summed E-state index contributed by atoms with van der Waals surface area (Å²) in [5, 5.41) is 3.09. The van der Waals surface area contributed by atoms with E-state index in [0.717, 1.165) is 12.8 Å². The molecule has 0 N–H and O–H groups in total. The third kappa shape index (κ3) is 4.47. The Morgan fingerprint density at radius 1 is 0.646 bits per heavy atom. The van der Waals surface area contributed by atoms with Crippen LogP contribution in [-0.4, -0.2) is 0 Å². The Morgan fingerprint density at radius 2 is 1.42 bits per heavy atom. The van der Waals surface area contributed by atoms with Gasteiger partial charge in [0.15, 0.2) is 0 Å². The largest absolute Gasteiger partial charge is 0.0839 e. The maximum atomic E-state index is 2.62. The summed E-state index contributed by atoms with van der Waals surface area (Å²) in [5.74, 6) is 2.12. The molecule has 240 valence electrons. The van der Waals surface area contributed by atoms with Gasteiger partial charge < -0.3 is 0 Å². The number of benzene rings is 1. The van der Waals surface area contributed by atoms with E-state index in [2.05, 4.69) is 112 Å². The van der Waals surface area contributed by atoms with E-state index in [-0.39, 0.29) is 5.41 Å². The van der Waals surface area contributed by atoms with Crippen molar-refractivity contribution in [2.24, 2.45) is 29.1 Å². The third-order valence-corrected chi connectivity index (χ3v) is 13.1. The highest BCUT2D eigenvalue weighted by molar-refractivity contribution is 5.81. The van der Waals surface area contributed by atoms with E-state index in [9.17, 15) is 0 Å². The molecule has 0 heteroatoms. The van der Waals surface area contributed by atoms with Crippen molar-refractivity contribution < 1.29 is 0 Å². The molecule has 4 atom stereocenters. The van der Waals surface area contributed by atoms with Gasteiger partial charge in [-0.3, -0.25) is 0 Å². The van der Waals surface area contributed by atoms with E-state index in [0.29, 0.717) is 23.7 Å². The molecule has 9 aliphatic rings. The van der Waals surface area contributed by atoms with Crippen molar-refractivity contribution in [1.82, 2.24) is 0 Å². The molecule has 9 aliphatic carbocycles. The summed E-state index contributed by atoms with van der Waals surface area (Å²) in [4.78, 5) is 0. The molecule has 0 amide bonds. The van der Waals surface area contributed by atoms with Crippen LogP contribution in [0.25, 0.3) is 23.3 Å². The van der Waals surface area contributed by atoms with Crippen LogP contribution in [0.4, 0.5) is 0 Å². The topological polar surface area (TPSA) is 0 Å². The predicted octanol–water partition coefficient (Wildman–Crippen LogP) is 10.7. The monoisotopic (exact) mass is 624 g/mol. The average molecular weight is 625 g/mol. The fourth-order valence-corrected chi connectivity index (χ4v) is 10.7. The van der Waals surface area contributed by atoms with E-state index in [1.54, 1.807) is 60.9 Å². The number of hydrogen-bond donors (Lipinski definition) is 0. The molecule has 0 aliphatic heterocycles. The van der Waals surface area contributed by atoms with Crippen molar-refractivity contribution in [3.8, 4) is 0 Å². The summed E-state index contributed by atoms with van der Waals surface area (Å²) < 4.78 is 0. The van der Waals surface area contributed by atoms with Gasteiger partial charge in [-0.15, -0.1) is 0 Å². The molecule has 0 bridgehead atoms. The smallest absolute Gasteiger partial charge is 0.00988 e. The van der Waals surface area contributed by atoms with Gasteiger partial charge >= 0.3 is 0 Å². The van der Waals surface area contributed by atoms with Crippen LogP contribution >= 0.6 is 0 Å². The van der Waals surface area contributed by atoms with E-state index < -0.39 is 0 Å². The van der Waals surface area contributed by atoms with Crippen molar-refractivity contribution in [3.63, 3.8) is 0 Å². The van der Waals surface area contributed by atoms with Crippen molar-refractivity contribution >= 4 is 23.3 Å². The van der Waals surface area contributed by atoms with E-state index in [1.165, 1.54) is 73.3 Å². The molecule has 1 aromatic carbocycles. The van der Waals surface area contributed by atoms with Crippen LogP contribution in [0.15, 0.2) is 124 Å². The fourth-order valence-electron chi connectivity index (χ4n) is 10.7. The normalized spacial score (nSPS) is 29.4. The summed E-state index contributed by atoms with van der Waals surface area (Å²) in [5.41, 5.74) is 20.7. The minimum Gasteiger partial charge on any atom is -0.0839 e. The number of hydrogen-bond acceptors (Lipinski definition) is 0. The Kier molecular flexibility index (Phi) is 6.54. The van der Waals surface area contributed by atoms with Crippen molar-refractivity contribution in [1.29, 1.82) is 0 Å². The maximum Gasteiger partial charge on any atom is 0.00988 e. The zero-order valence-corrected chi connectivity index (χ0v) is 29.0. The standard InChI is InChI=1S/C48H48/c1-48(2,3)38-26-35-19-13-30-20-22-39(43-23-21-36(27-38)45(35)47(30)43)33-16-14-32-25-34(17-15-31(32)24-33)44-28-37-18-12-29-8-4-5-9-40(29)46(37)42-11-7-6-10-41(42)44/h4,8,10-11,13,19-28,35,43,45,47H,5-7,9,12,14-18H2,1-3H3. The highest BCUT2D eigenvalue weighted by atomic mass is 14.5. The molecule has 0 saturated carbocycles. The summed E-state index contributed by atoms with van der Waals surface area (Å²) in [6, 6.07) is 2.62. The quantitative estimate of drug-likeness (QED) is 0.307. The number of allylic oxidation sites excluding steroid dienone is 22. The van der Waals surface area contributed by atoms with Gasteiger partial charge in [-0.05, 0) is 152 Å². The van der Waals surface area contributed by atoms with Gasteiger partial charge in [-0.2, -0.15) is 0 Å². The average Bonchev–Trinajstić information content (AvgIpc) is 3.12. The molecule has 0 aromatic heterocycles. The lowest BCUT2D eigenvalue weighted by molar-refractivity contribution is 0.310. The molecule has 48 heavy (non-hydrogen) atoms. The lowest BCUT2D eigenvalue weighted by atomic mass is 9.56. The van der Waals surface area contributed by atoms with Crippen LogP contribution in [0.1, 0.15) is 95.2 Å². The minimum atomic E-state index is 0.182. The van der Waals surface area contributed by atoms with Gasteiger partial charge in [-0.25, -0.2) is 0 Å². The van der Waals surface area contributed by atoms with Crippen molar-refractivity contribution in [2.45, 2.75) is 85.0 Å². The van der Waals surface area contributed by atoms with Crippen LogP contribution < -0.4 is 10.4 Å². The summed E-state index contributed by atoms with van der Waals surface area (Å²) in [6.07, 6.45) is 47.0. The number of fused-ring (bicyclic) bond motifs is 4. The predicted molar refractivity (Wildman–Crippen MR) is 203 cm³/mol. The highest BCUT2D eigenvalue weighted by Crippen LogP contribution is 2.55. The van der Waals surface area contributed by atoms with Crippen molar-refractivity contribution in [3.05, 3.63) is 151 Å². The number of aryl methyl sites for hydroxylation is 1. The first-order chi connectivity index (χ1) is 23.4. The minimum absolute atomic E-state index is 0.182. The molecule has 0 heterocycles. The zero-order valence-electron chi connectivity index (χ0n) is 29.0. The molecular formula is C48H48.